The van der Waals surface area contributed by atoms with E-state index in [1.54, 1.807) is 12.1 Å². The Labute approximate surface area is 119 Å². The second kappa shape index (κ2) is 6.21. The number of nitrogens with zero attached hydrogens (tertiary/aromatic N) is 2. The molecule has 1 aromatic heterocycles. The van der Waals surface area contributed by atoms with Crippen molar-refractivity contribution >= 4 is 10.2 Å². The molecular weight excluding hydrogens is 276 g/mol. The number of benzene rings is 1. The summed E-state index contributed by atoms with van der Waals surface area (Å²) in [7, 11) is -0.460. The molecule has 0 aliphatic heterocycles. The molecule has 0 saturated carbocycles. The van der Waals surface area contributed by atoms with Crippen LogP contribution in [0, 0.1) is 0 Å². The Bertz CT molecular complexity index is 622. The van der Waals surface area contributed by atoms with Crippen LogP contribution in [0.5, 0.6) is 0 Å². The van der Waals surface area contributed by atoms with Crippen LogP contribution in [0.1, 0.15) is 11.3 Å². The molecule has 2 aromatic rings. The summed E-state index contributed by atoms with van der Waals surface area (Å²) in [5, 5.41) is 0. The molecular formula is C14H18N2O3S. The minimum Gasteiger partial charge on any atom is -0.468 e. The fraction of sp³-hybridized carbons (Fsp3) is 0.286. The molecule has 0 fully saturated rings. The largest absolute Gasteiger partial charge is 0.468 e. The summed E-state index contributed by atoms with van der Waals surface area (Å²) >= 11 is 0. The molecule has 6 heteroatoms. The van der Waals surface area contributed by atoms with E-state index in [1.165, 1.54) is 29.0 Å². The SMILES string of the molecule is CN(C)S(=O)(=O)N(Cc1ccccc1)Cc1ccco1. The van der Waals surface area contributed by atoms with E-state index in [2.05, 4.69) is 0 Å². The molecule has 1 aromatic carbocycles. The average Bonchev–Trinajstić information content (AvgIpc) is 2.92. The maximum atomic E-state index is 12.4. The van der Waals surface area contributed by atoms with E-state index < -0.39 is 10.2 Å². The molecule has 2 rings (SSSR count). The average molecular weight is 294 g/mol. The first-order valence-corrected chi connectivity index (χ1v) is 7.64. The first kappa shape index (κ1) is 14.8. The Hall–Kier alpha value is -1.63. The number of hydrogen-bond acceptors (Lipinski definition) is 3. The van der Waals surface area contributed by atoms with Gasteiger partial charge in [0.2, 0.25) is 0 Å². The highest BCUT2D eigenvalue weighted by molar-refractivity contribution is 7.86. The first-order valence-electron chi connectivity index (χ1n) is 6.24. The van der Waals surface area contributed by atoms with Gasteiger partial charge in [0.05, 0.1) is 12.8 Å². The van der Waals surface area contributed by atoms with Crippen molar-refractivity contribution in [2.24, 2.45) is 0 Å². The monoisotopic (exact) mass is 294 g/mol. The van der Waals surface area contributed by atoms with Crippen molar-refractivity contribution in [2.75, 3.05) is 14.1 Å². The molecule has 0 spiro atoms. The van der Waals surface area contributed by atoms with Crippen LogP contribution in [0.4, 0.5) is 0 Å². The highest BCUT2D eigenvalue weighted by Crippen LogP contribution is 2.16. The quantitative estimate of drug-likeness (QED) is 0.819. The minimum atomic E-state index is -3.51. The zero-order valence-corrected chi connectivity index (χ0v) is 12.4. The lowest BCUT2D eigenvalue weighted by Crippen LogP contribution is -2.39. The zero-order valence-electron chi connectivity index (χ0n) is 11.6. The van der Waals surface area contributed by atoms with Gasteiger partial charge < -0.3 is 4.42 Å². The van der Waals surface area contributed by atoms with Crippen molar-refractivity contribution in [2.45, 2.75) is 13.1 Å². The highest BCUT2D eigenvalue weighted by Gasteiger charge is 2.25. The van der Waals surface area contributed by atoms with Crippen molar-refractivity contribution in [3.05, 3.63) is 60.1 Å². The molecule has 0 amide bonds. The molecule has 0 N–H and O–H groups in total. The van der Waals surface area contributed by atoms with Crippen molar-refractivity contribution in [3.63, 3.8) is 0 Å². The molecule has 0 aliphatic rings. The summed E-state index contributed by atoms with van der Waals surface area (Å²) in [6, 6.07) is 13.0. The van der Waals surface area contributed by atoms with E-state index in [0.717, 1.165) is 5.56 Å². The molecule has 20 heavy (non-hydrogen) atoms. The van der Waals surface area contributed by atoms with E-state index in [9.17, 15) is 8.42 Å². The molecule has 108 valence electrons. The van der Waals surface area contributed by atoms with E-state index in [4.69, 9.17) is 4.42 Å². The molecule has 0 atom stereocenters. The molecule has 0 radical (unpaired) electrons. The number of rotatable bonds is 6. The minimum absolute atomic E-state index is 0.211. The highest BCUT2D eigenvalue weighted by atomic mass is 32.2. The van der Waals surface area contributed by atoms with Gasteiger partial charge in [-0.2, -0.15) is 17.0 Å². The Balaban J connectivity index is 2.25. The number of furan rings is 1. The van der Waals surface area contributed by atoms with E-state index in [0.29, 0.717) is 12.3 Å². The third kappa shape index (κ3) is 3.47. The van der Waals surface area contributed by atoms with E-state index in [1.807, 2.05) is 30.3 Å². The fourth-order valence-corrected chi connectivity index (χ4v) is 2.88. The van der Waals surface area contributed by atoms with Gasteiger partial charge in [-0.1, -0.05) is 30.3 Å². The van der Waals surface area contributed by atoms with Gasteiger partial charge >= 0.3 is 0 Å². The van der Waals surface area contributed by atoms with Crippen LogP contribution < -0.4 is 0 Å². The number of hydrogen-bond donors (Lipinski definition) is 0. The smallest absolute Gasteiger partial charge is 0.282 e. The van der Waals surface area contributed by atoms with Gasteiger partial charge in [-0.3, -0.25) is 0 Å². The van der Waals surface area contributed by atoms with Crippen molar-refractivity contribution in [3.8, 4) is 0 Å². The van der Waals surface area contributed by atoms with Crippen LogP contribution >= 0.6 is 0 Å². The van der Waals surface area contributed by atoms with Gasteiger partial charge in [0, 0.05) is 20.6 Å². The Kier molecular flexibility index (Phi) is 4.59. The summed E-state index contributed by atoms with van der Waals surface area (Å²) in [5.41, 5.74) is 0.935. The Morgan fingerprint density at radius 1 is 1.00 bits per heavy atom. The predicted molar refractivity (Wildman–Crippen MR) is 77.0 cm³/mol. The Morgan fingerprint density at radius 2 is 1.70 bits per heavy atom. The van der Waals surface area contributed by atoms with Gasteiger partial charge in [-0.05, 0) is 17.7 Å². The van der Waals surface area contributed by atoms with Crippen LogP contribution in [-0.4, -0.2) is 31.1 Å². The summed E-state index contributed by atoms with van der Waals surface area (Å²) in [4.78, 5) is 0. The lowest BCUT2D eigenvalue weighted by molar-refractivity contribution is 0.335. The van der Waals surface area contributed by atoms with Gasteiger partial charge in [0.1, 0.15) is 5.76 Å². The molecule has 0 aliphatic carbocycles. The van der Waals surface area contributed by atoms with Crippen molar-refractivity contribution < 1.29 is 12.8 Å². The summed E-state index contributed by atoms with van der Waals surface area (Å²) in [6.07, 6.45) is 1.54. The van der Waals surface area contributed by atoms with Crippen LogP contribution in [0.3, 0.4) is 0 Å². The molecule has 5 nitrogen and oxygen atoms in total. The molecule has 1 heterocycles. The third-order valence-corrected chi connectivity index (χ3v) is 4.74. The third-order valence-electron chi connectivity index (χ3n) is 2.90. The normalized spacial score (nSPS) is 12.2. The van der Waals surface area contributed by atoms with E-state index >= 15 is 0 Å². The summed E-state index contributed by atoms with van der Waals surface area (Å²) in [6.45, 7) is 0.518. The zero-order chi connectivity index (χ0) is 14.6. The maximum absolute atomic E-state index is 12.4. The lowest BCUT2D eigenvalue weighted by Gasteiger charge is -2.24. The van der Waals surface area contributed by atoms with Crippen molar-refractivity contribution in [1.82, 2.24) is 8.61 Å². The molecule has 0 unspecified atom stereocenters. The summed E-state index contributed by atoms with van der Waals surface area (Å²) < 4.78 is 32.6. The second-order valence-corrected chi connectivity index (χ2v) is 6.77. The van der Waals surface area contributed by atoms with Gasteiger partial charge in [-0.25, -0.2) is 0 Å². The summed E-state index contributed by atoms with van der Waals surface area (Å²) in [5.74, 6) is 0.617. The van der Waals surface area contributed by atoms with Gasteiger partial charge in [0.25, 0.3) is 10.2 Å². The van der Waals surface area contributed by atoms with E-state index in [-0.39, 0.29) is 6.54 Å². The van der Waals surface area contributed by atoms with Crippen LogP contribution in [0.15, 0.2) is 53.1 Å². The predicted octanol–water partition coefficient (Wildman–Crippen LogP) is 2.09. The second-order valence-electron chi connectivity index (χ2n) is 4.62. The first-order chi connectivity index (χ1) is 9.50. The Morgan fingerprint density at radius 3 is 2.25 bits per heavy atom. The standard InChI is InChI=1S/C14H18N2O3S/c1-15(2)20(17,18)16(12-14-9-6-10-19-14)11-13-7-4-3-5-8-13/h3-10H,11-12H2,1-2H3. The van der Waals surface area contributed by atoms with Crippen LogP contribution in [0.25, 0.3) is 0 Å². The lowest BCUT2D eigenvalue weighted by atomic mass is 10.2. The van der Waals surface area contributed by atoms with Crippen molar-refractivity contribution in [1.29, 1.82) is 0 Å². The van der Waals surface area contributed by atoms with Gasteiger partial charge in [0.15, 0.2) is 0 Å². The maximum Gasteiger partial charge on any atom is 0.282 e. The molecule has 0 bridgehead atoms. The fourth-order valence-electron chi connectivity index (χ4n) is 1.81. The van der Waals surface area contributed by atoms with Gasteiger partial charge in [-0.15, -0.1) is 0 Å². The van der Waals surface area contributed by atoms with Crippen LogP contribution in [0.2, 0.25) is 0 Å². The molecule has 0 saturated heterocycles. The van der Waals surface area contributed by atoms with Crippen LogP contribution in [-0.2, 0) is 23.3 Å². The topological polar surface area (TPSA) is 53.8 Å².